The van der Waals surface area contributed by atoms with Gasteiger partial charge >= 0.3 is 5.97 Å². The summed E-state index contributed by atoms with van der Waals surface area (Å²) in [6.07, 6.45) is 2.82. The van der Waals surface area contributed by atoms with Gasteiger partial charge in [-0.15, -0.1) is 0 Å². The third-order valence-electron chi connectivity index (χ3n) is 3.58. The molecule has 0 amide bonds. The Hall–Kier alpha value is -1.71. The Morgan fingerprint density at radius 1 is 1.47 bits per heavy atom. The Morgan fingerprint density at radius 3 is 2.95 bits per heavy atom. The molecule has 0 saturated carbocycles. The average Bonchev–Trinajstić information content (AvgIpc) is 2.39. The van der Waals surface area contributed by atoms with Crippen molar-refractivity contribution in [1.29, 1.82) is 0 Å². The van der Waals surface area contributed by atoms with Gasteiger partial charge in [0, 0.05) is 17.9 Å². The van der Waals surface area contributed by atoms with E-state index in [1.54, 1.807) is 0 Å². The number of fused-ring (bicyclic) bond motifs is 1. The van der Waals surface area contributed by atoms with Crippen molar-refractivity contribution in [2.24, 2.45) is 0 Å². The normalized spacial score (nSPS) is 15.8. The molecule has 1 aromatic rings. The molecule has 1 atom stereocenters. The van der Waals surface area contributed by atoms with Gasteiger partial charge in [0.1, 0.15) is 6.04 Å². The number of benzene rings is 1. The molecule has 1 unspecified atom stereocenters. The number of hydrogen-bond donors (Lipinski definition) is 1. The third kappa shape index (κ3) is 2.83. The van der Waals surface area contributed by atoms with Crippen LogP contribution in [0.2, 0.25) is 0 Å². The molecule has 1 aromatic carbocycles. The van der Waals surface area contributed by atoms with Gasteiger partial charge in [-0.3, -0.25) is 0 Å². The molecule has 104 valence electrons. The molecule has 0 aliphatic carbocycles. The number of aryl methyl sites for hydroxylation is 1. The van der Waals surface area contributed by atoms with Gasteiger partial charge in [0.25, 0.3) is 0 Å². The van der Waals surface area contributed by atoms with Crippen molar-refractivity contribution >= 4 is 17.3 Å². The Kier molecular flexibility index (Phi) is 4.30. The van der Waals surface area contributed by atoms with Gasteiger partial charge in [-0.25, -0.2) is 4.79 Å². The summed E-state index contributed by atoms with van der Waals surface area (Å²) in [6, 6.07) is 5.74. The van der Waals surface area contributed by atoms with Gasteiger partial charge < -0.3 is 15.4 Å². The van der Waals surface area contributed by atoms with Crippen LogP contribution in [-0.4, -0.2) is 25.2 Å². The summed E-state index contributed by atoms with van der Waals surface area (Å²) < 4.78 is 5.18. The van der Waals surface area contributed by atoms with Gasteiger partial charge in [0.05, 0.1) is 6.61 Å². The van der Waals surface area contributed by atoms with E-state index in [-0.39, 0.29) is 12.0 Å². The van der Waals surface area contributed by atoms with Crippen LogP contribution in [0, 0.1) is 0 Å². The number of carbonyl (C=O) groups excluding carboxylic acids is 1. The van der Waals surface area contributed by atoms with Crippen LogP contribution in [0.25, 0.3) is 0 Å². The van der Waals surface area contributed by atoms with Crippen molar-refractivity contribution in [1.82, 2.24) is 0 Å². The monoisotopic (exact) mass is 262 g/mol. The van der Waals surface area contributed by atoms with E-state index < -0.39 is 0 Å². The molecule has 2 rings (SSSR count). The van der Waals surface area contributed by atoms with Crippen LogP contribution in [-0.2, 0) is 16.0 Å². The van der Waals surface area contributed by atoms with Crippen LogP contribution in [0.3, 0.4) is 0 Å². The first-order valence-corrected chi connectivity index (χ1v) is 6.99. The maximum atomic E-state index is 12.1. The maximum absolute atomic E-state index is 12.1. The van der Waals surface area contributed by atoms with Crippen LogP contribution >= 0.6 is 0 Å². The molecule has 0 spiro atoms. The van der Waals surface area contributed by atoms with E-state index in [4.69, 9.17) is 10.5 Å². The largest absolute Gasteiger partial charge is 0.464 e. The smallest absolute Gasteiger partial charge is 0.328 e. The quantitative estimate of drug-likeness (QED) is 0.668. The number of esters is 1. The first kappa shape index (κ1) is 13.7. The molecule has 0 radical (unpaired) electrons. The van der Waals surface area contributed by atoms with Gasteiger partial charge in [-0.1, -0.05) is 6.92 Å². The predicted octanol–water partition coefficient (Wildman–Crippen LogP) is 2.36. The predicted molar refractivity (Wildman–Crippen MR) is 77.2 cm³/mol. The lowest BCUT2D eigenvalue weighted by Crippen LogP contribution is -2.44. The molecule has 2 N–H and O–H groups in total. The minimum atomic E-state index is -0.192. The van der Waals surface area contributed by atoms with E-state index in [1.807, 2.05) is 32.0 Å². The zero-order valence-corrected chi connectivity index (χ0v) is 11.7. The summed E-state index contributed by atoms with van der Waals surface area (Å²) in [5.41, 5.74) is 8.97. The number of carbonyl (C=O) groups is 1. The van der Waals surface area contributed by atoms with Crippen molar-refractivity contribution in [2.75, 3.05) is 23.8 Å². The number of nitrogen functional groups attached to an aromatic ring is 1. The molecule has 4 heteroatoms. The lowest BCUT2D eigenvalue weighted by molar-refractivity contribution is -0.144. The fraction of sp³-hybridized carbons (Fsp3) is 0.533. The highest BCUT2D eigenvalue weighted by Crippen LogP contribution is 2.31. The van der Waals surface area contributed by atoms with E-state index in [9.17, 15) is 4.79 Å². The van der Waals surface area contributed by atoms with Crippen LogP contribution in [0.4, 0.5) is 11.4 Å². The number of anilines is 2. The van der Waals surface area contributed by atoms with E-state index in [2.05, 4.69) is 4.90 Å². The summed E-state index contributed by atoms with van der Waals surface area (Å²) >= 11 is 0. The van der Waals surface area contributed by atoms with Crippen LogP contribution in [0.1, 0.15) is 32.3 Å². The second-order valence-electron chi connectivity index (χ2n) is 4.86. The summed E-state index contributed by atoms with van der Waals surface area (Å²) in [5, 5.41) is 0. The lowest BCUT2D eigenvalue weighted by atomic mass is 9.98. The molecule has 1 heterocycles. The number of nitrogens with zero attached hydrogens (tertiary/aromatic N) is 1. The van der Waals surface area contributed by atoms with E-state index in [1.165, 1.54) is 5.56 Å². The van der Waals surface area contributed by atoms with E-state index in [0.29, 0.717) is 6.61 Å². The zero-order valence-electron chi connectivity index (χ0n) is 11.7. The van der Waals surface area contributed by atoms with Crippen molar-refractivity contribution < 1.29 is 9.53 Å². The lowest BCUT2D eigenvalue weighted by Gasteiger charge is -2.36. The SMILES string of the molecule is CCOC(=O)C(CC)N1CCCc2cc(N)ccc21. The van der Waals surface area contributed by atoms with Gasteiger partial charge in [0.15, 0.2) is 0 Å². The third-order valence-corrected chi connectivity index (χ3v) is 3.58. The number of rotatable bonds is 4. The van der Waals surface area contributed by atoms with Crippen molar-refractivity contribution in [3.05, 3.63) is 23.8 Å². The molecule has 0 aromatic heterocycles. The molecule has 0 saturated heterocycles. The number of hydrogen-bond acceptors (Lipinski definition) is 4. The van der Waals surface area contributed by atoms with Crippen LogP contribution < -0.4 is 10.6 Å². The molecule has 4 nitrogen and oxygen atoms in total. The highest BCUT2D eigenvalue weighted by molar-refractivity contribution is 5.81. The maximum Gasteiger partial charge on any atom is 0.328 e. The molecule has 1 aliphatic rings. The molecular weight excluding hydrogens is 240 g/mol. The van der Waals surface area contributed by atoms with Crippen LogP contribution in [0.15, 0.2) is 18.2 Å². The fourth-order valence-electron chi connectivity index (χ4n) is 2.72. The van der Waals surface area contributed by atoms with Gasteiger partial charge in [0.2, 0.25) is 0 Å². The average molecular weight is 262 g/mol. The minimum absolute atomic E-state index is 0.130. The Bertz CT molecular complexity index is 459. The Labute approximate surface area is 114 Å². The van der Waals surface area contributed by atoms with E-state index >= 15 is 0 Å². The van der Waals surface area contributed by atoms with Crippen molar-refractivity contribution in [3.8, 4) is 0 Å². The second-order valence-corrected chi connectivity index (χ2v) is 4.86. The molecule has 0 bridgehead atoms. The van der Waals surface area contributed by atoms with E-state index in [0.717, 1.165) is 37.2 Å². The molecule has 19 heavy (non-hydrogen) atoms. The number of nitrogens with two attached hydrogens (primary N) is 1. The summed E-state index contributed by atoms with van der Waals surface area (Å²) in [6.45, 7) is 5.19. The summed E-state index contributed by atoms with van der Waals surface area (Å²) in [4.78, 5) is 14.2. The Balaban J connectivity index is 2.28. The number of ether oxygens (including phenoxy) is 1. The molecular formula is C15H22N2O2. The molecule has 0 fully saturated rings. The first-order valence-electron chi connectivity index (χ1n) is 6.99. The van der Waals surface area contributed by atoms with Crippen LogP contribution in [0.5, 0.6) is 0 Å². The van der Waals surface area contributed by atoms with Crippen molar-refractivity contribution in [2.45, 2.75) is 39.2 Å². The summed E-state index contributed by atoms with van der Waals surface area (Å²) in [5.74, 6) is -0.130. The highest BCUT2D eigenvalue weighted by Gasteiger charge is 2.29. The second kappa shape index (κ2) is 5.95. The Morgan fingerprint density at radius 2 is 2.26 bits per heavy atom. The fourth-order valence-corrected chi connectivity index (χ4v) is 2.72. The topological polar surface area (TPSA) is 55.6 Å². The highest BCUT2D eigenvalue weighted by atomic mass is 16.5. The molecule has 1 aliphatic heterocycles. The van der Waals surface area contributed by atoms with Gasteiger partial charge in [-0.05, 0) is 49.9 Å². The van der Waals surface area contributed by atoms with Gasteiger partial charge in [-0.2, -0.15) is 0 Å². The zero-order chi connectivity index (χ0) is 13.8. The summed E-state index contributed by atoms with van der Waals surface area (Å²) in [7, 11) is 0. The van der Waals surface area contributed by atoms with Crippen molar-refractivity contribution in [3.63, 3.8) is 0 Å². The standard InChI is InChI=1S/C15H22N2O2/c1-3-13(15(18)19-4-2)17-9-5-6-11-10-12(16)7-8-14(11)17/h7-8,10,13H,3-6,9,16H2,1-2H3. The first-order chi connectivity index (χ1) is 9.17. The minimum Gasteiger partial charge on any atom is -0.464 e.